The monoisotopic (exact) mass is 158 g/mol. The first kappa shape index (κ1) is 5.38. The first-order chi connectivity index (χ1) is 4.38. The van der Waals surface area contributed by atoms with Gasteiger partial charge in [0.1, 0.15) is 0 Å². The SMILES string of the molecule is Fc1csc2ccsc12. The molecule has 0 unspecified atom stereocenters. The average Bonchev–Trinajstić information content (AvgIpc) is 2.35. The van der Waals surface area contributed by atoms with Gasteiger partial charge < -0.3 is 0 Å². The zero-order valence-electron chi connectivity index (χ0n) is 4.43. The third-order valence-corrected chi connectivity index (χ3v) is 3.11. The van der Waals surface area contributed by atoms with Gasteiger partial charge >= 0.3 is 0 Å². The molecule has 0 amide bonds. The van der Waals surface area contributed by atoms with E-state index in [1.165, 1.54) is 22.7 Å². The van der Waals surface area contributed by atoms with Crippen LogP contribution in [0.2, 0.25) is 0 Å². The van der Waals surface area contributed by atoms with Gasteiger partial charge in [-0.1, -0.05) is 0 Å². The van der Waals surface area contributed by atoms with Crippen molar-refractivity contribution in [2.75, 3.05) is 0 Å². The van der Waals surface area contributed by atoms with Gasteiger partial charge in [-0.2, -0.15) is 0 Å². The van der Waals surface area contributed by atoms with Gasteiger partial charge in [0.25, 0.3) is 0 Å². The van der Waals surface area contributed by atoms with E-state index >= 15 is 0 Å². The molecular formula is C6H3FS2. The van der Waals surface area contributed by atoms with Crippen molar-refractivity contribution in [2.24, 2.45) is 0 Å². The van der Waals surface area contributed by atoms with Crippen LogP contribution in [-0.2, 0) is 0 Å². The molecule has 2 heterocycles. The molecule has 0 aliphatic rings. The van der Waals surface area contributed by atoms with Crippen LogP contribution in [0.4, 0.5) is 4.39 Å². The van der Waals surface area contributed by atoms with Crippen molar-refractivity contribution in [3.63, 3.8) is 0 Å². The van der Waals surface area contributed by atoms with E-state index in [4.69, 9.17) is 0 Å². The quantitative estimate of drug-likeness (QED) is 0.552. The number of fused-ring (bicyclic) bond motifs is 1. The molecule has 0 bridgehead atoms. The number of rotatable bonds is 0. The Labute approximate surface area is 59.6 Å². The van der Waals surface area contributed by atoms with E-state index in [0.717, 1.165) is 9.40 Å². The van der Waals surface area contributed by atoms with Gasteiger partial charge in [-0.25, -0.2) is 4.39 Å². The van der Waals surface area contributed by atoms with Crippen LogP contribution in [0.25, 0.3) is 9.40 Å². The van der Waals surface area contributed by atoms with E-state index in [0.29, 0.717) is 0 Å². The number of halogens is 1. The minimum Gasteiger partial charge on any atom is -0.204 e. The molecule has 0 aromatic carbocycles. The summed E-state index contributed by atoms with van der Waals surface area (Å²) in [4.78, 5) is 0. The summed E-state index contributed by atoms with van der Waals surface area (Å²) >= 11 is 2.91. The highest BCUT2D eigenvalue weighted by molar-refractivity contribution is 7.25. The molecule has 2 rings (SSSR count). The van der Waals surface area contributed by atoms with Crippen LogP contribution in [0, 0.1) is 5.82 Å². The molecule has 0 aliphatic heterocycles. The van der Waals surface area contributed by atoms with Gasteiger partial charge in [-0.05, 0) is 11.4 Å². The highest BCUT2D eigenvalue weighted by Gasteiger charge is 2.01. The molecule has 0 aliphatic carbocycles. The van der Waals surface area contributed by atoms with Crippen molar-refractivity contribution in [3.8, 4) is 0 Å². The van der Waals surface area contributed by atoms with E-state index in [1.54, 1.807) is 5.38 Å². The fourth-order valence-electron chi connectivity index (χ4n) is 0.733. The fourth-order valence-corrected chi connectivity index (χ4v) is 2.58. The first-order valence-electron chi connectivity index (χ1n) is 2.48. The summed E-state index contributed by atoms with van der Waals surface area (Å²) in [6.07, 6.45) is 0. The Morgan fingerprint density at radius 2 is 2.22 bits per heavy atom. The largest absolute Gasteiger partial charge is 0.204 e. The highest BCUT2D eigenvalue weighted by atomic mass is 32.1. The highest BCUT2D eigenvalue weighted by Crippen LogP contribution is 2.28. The van der Waals surface area contributed by atoms with E-state index in [-0.39, 0.29) is 5.82 Å². The van der Waals surface area contributed by atoms with E-state index < -0.39 is 0 Å². The van der Waals surface area contributed by atoms with Crippen LogP contribution in [0.15, 0.2) is 16.8 Å². The van der Waals surface area contributed by atoms with Crippen LogP contribution < -0.4 is 0 Å². The fraction of sp³-hybridized carbons (Fsp3) is 0. The normalized spacial score (nSPS) is 10.8. The third kappa shape index (κ3) is 0.686. The lowest BCUT2D eigenvalue weighted by molar-refractivity contribution is 0.646. The van der Waals surface area contributed by atoms with Crippen molar-refractivity contribution >= 4 is 32.1 Å². The summed E-state index contributed by atoms with van der Waals surface area (Å²) in [5.74, 6) is -0.0787. The molecule has 0 saturated carbocycles. The maximum atomic E-state index is 12.6. The maximum Gasteiger partial charge on any atom is 0.151 e. The lowest BCUT2D eigenvalue weighted by atomic mass is 10.5. The van der Waals surface area contributed by atoms with Crippen LogP contribution in [0.1, 0.15) is 0 Å². The summed E-state index contributed by atoms with van der Waals surface area (Å²) in [7, 11) is 0. The molecule has 0 N–H and O–H groups in total. The summed E-state index contributed by atoms with van der Waals surface area (Å²) in [6, 6.07) is 1.94. The van der Waals surface area contributed by atoms with Crippen LogP contribution in [0.5, 0.6) is 0 Å². The van der Waals surface area contributed by atoms with Crippen molar-refractivity contribution < 1.29 is 4.39 Å². The predicted molar refractivity (Wildman–Crippen MR) is 39.7 cm³/mol. The van der Waals surface area contributed by atoms with E-state index in [1.807, 2.05) is 11.4 Å². The predicted octanol–water partition coefficient (Wildman–Crippen LogP) is 3.10. The zero-order valence-corrected chi connectivity index (χ0v) is 6.06. The van der Waals surface area contributed by atoms with Crippen molar-refractivity contribution in [1.82, 2.24) is 0 Å². The van der Waals surface area contributed by atoms with Crippen molar-refractivity contribution in [2.45, 2.75) is 0 Å². The molecule has 0 atom stereocenters. The Morgan fingerprint density at radius 1 is 1.33 bits per heavy atom. The molecule has 2 aromatic heterocycles. The second kappa shape index (κ2) is 1.78. The molecular weight excluding hydrogens is 155 g/mol. The lowest BCUT2D eigenvalue weighted by Crippen LogP contribution is -1.54. The second-order valence-corrected chi connectivity index (χ2v) is 3.52. The molecule has 2 aromatic rings. The van der Waals surface area contributed by atoms with Crippen LogP contribution >= 0.6 is 22.7 Å². The molecule has 3 heteroatoms. The van der Waals surface area contributed by atoms with Gasteiger partial charge in [0.05, 0.1) is 4.70 Å². The van der Waals surface area contributed by atoms with Gasteiger partial charge in [0.2, 0.25) is 0 Å². The average molecular weight is 158 g/mol. The molecule has 0 spiro atoms. The maximum absolute atomic E-state index is 12.6. The molecule has 0 saturated heterocycles. The minimum atomic E-state index is -0.0787. The van der Waals surface area contributed by atoms with Gasteiger partial charge in [0, 0.05) is 10.1 Å². The summed E-state index contributed by atoms with van der Waals surface area (Å²) in [5.41, 5.74) is 0. The Balaban J connectivity index is 2.99. The standard InChI is InChI=1S/C6H3FS2/c7-4-3-9-5-1-2-8-6(4)5/h1-3H. The van der Waals surface area contributed by atoms with Gasteiger partial charge in [-0.15, -0.1) is 22.7 Å². The molecule has 0 nitrogen and oxygen atoms in total. The Bertz CT molecular complexity index is 320. The Morgan fingerprint density at radius 3 is 3.00 bits per heavy atom. The van der Waals surface area contributed by atoms with E-state index in [2.05, 4.69) is 0 Å². The van der Waals surface area contributed by atoms with Crippen LogP contribution in [0.3, 0.4) is 0 Å². The van der Waals surface area contributed by atoms with Crippen LogP contribution in [-0.4, -0.2) is 0 Å². The molecule has 46 valence electrons. The Hall–Kier alpha value is -0.410. The van der Waals surface area contributed by atoms with Gasteiger partial charge in [0.15, 0.2) is 5.82 Å². The number of hydrogen-bond acceptors (Lipinski definition) is 2. The number of thiophene rings is 2. The lowest BCUT2D eigenvalue weighted by Gasteiger charge is -1.71. The van der Waals surface area contributed by atoms with Crippen molar-refractivity contribution in [3.05, 3.63) is 22.6 Å². The smallest absolute Gasteiger partial charge is 0.151 e. The minimum absolute atomic E-state index is 0.0787. The topological polar surface area (TPSA) is 0 Å². The number of hydrogen-bond donors (Lipinski definition) is 0. The van der Waals surface area contributed by atoms with Crippen molar-refractivity contribution in [1.29, 1.82) is 0 Å². The summed E-state index contributed by atoms with van der Waals surface area (Å²) < 4.78 is 14.4. The molecule has 9 heavy (non-hydrogen) atoms. The molecule has 0 radical (unpaired) electrons. The summed E-state index contributed by atoms with van der Waals surface area (Å²) in [5, 5.41) is 3.45. The zero-order chi connectivity index (χ0) is 6.27. The second-order valence-electron chi connectivity index (χ2n) is 1.70. The Kier molecular flexibility index (Phi) is 1.07. The van der Waals surface area contributed by atoms with Gasteiger partial charge in [-0.3, -0.25) is 0 Å². The first-order valence-corrected chi connectivity index (χ1v) is 4.24. The summed E-state index contributed by atoms with van der Waals surface area (Å²) in [6.45, 7) is 0. The van der Waals surface area contributed by atoms with E-state index in [9.17, 15) is 4.39 Å². The molecule has 0 fully saturated rings. The third-order valence-electron chi connectivity index (χ3n) is 1.14.